The van der Waals surface area contributed by atoms with Crippen molar-refractivity contribution >= 4 is 6.29 Å². The third kappa shape index (κ3) is 0.705. The Morgan fingerprint density at radius 2 is 2.54 bits per heavy atom. The second kappa shape index (κ2) is 2.03. The molecule has 3 rings (SSSR count). The van der Waals surface area contributed by atoms with E-state index in [4.69, 9.17) is 0 Å². The fraction of sp³-hybridized carbons (Fsp3) is 0.600. The minimum Gasteiger partial charge on any atom is -0.319 e. The number of nitrogens with zero attached hydrogens (tertiary/aromatic N) is 2. The van der Waals surface area contributed by atoms with Crippen LogP contribution in [0.5, 0.6) is 0 Å². The van der Waals surface area contributed by atoms with Crippen LogP contribution in [-0.2, 0) is 12.0 Å². The van der Waals surface area contributed by atoms with E-state index in [-0.39, 0.29) is 5.54 Å². The summed E-state index contributed by atoms with van der Waals surface area (Å²) in [6.45, 7) is 2.25. The highest BCUT2D eigenvalue weighted by Gasteiger charge is 2.56. The Kier molecular flexibility index (Phi) is 1.14. The highest BCUT2D eigenvalue weighted by atomic mass is 16.1. The van der Waals surface area contributed by atoms with E-state index in [1.165, 1.54) is 12.8 Å². The molecular weight excluding hydrogens is 164 g/mol. The number of hydrogen-bond donors (Lipinski definition) is 0. The van der Waals surface area contributed by atoms with Gasteiger partial charge in [0.2, 0.25) is 0 Å². The molecule has 68 valence electrons. The molecule has 0 bridgehead atoms. The van der Waals surface area contributed by atoms with Crippen LogP contribution in [0, 0.1) is 5.92 Å². The molecule has 3 nitrogen and oxygen atoms in total. The van der Waals surface area contributed by atoms with E-state index in [0.717, 1.165) is 30.1 Å². The van der Waals surface area contributed by atoms with Crippen LogP contribution in [0.1, 0.15) is 36.1 Å². The lowest BCUT2D eigenvalue weighted by molar-refractivity contribution is 0.111. The summed E-state index contributed by atoms with van der Waals surface area (Å²) in [5.41, 5.74) is 1.04. The van der Waals surface area contributed by atoms with Crippen molar-refractivity contribution in [1.29, 1.82) is 0 Å². The van der Waals surface area contributed by atoms with Crippen molar-refractivity contribution in [3.8, 4) is 0 Å². The summed E-state index contributed by atoms with van der Waals surface area (Å²) < 4.78 is 2.17. The van der Waals surface area contributed by atoms with Gasteiger partial charge < -0.3 is 4.57 Å². The first-order valence-electron chi connectivity index (χ1n) is 4.80. The molecule has 0 N–H and O–H groups in total. The molecule has 1 aromatic heterocycles. The number of aryl methyl sites for hydroxylation is 1. The van der Waals surface area contributed by atoms with Crippen molar-refractivity contribution in [3.63, 3.8) is 0 Å². The van der Waals surface area contributed by atoms with Crippen LogP contribution in [-0.4, -0.2) is 15.8 Å². The Morgan fingerprint density at radius 1 is 1.77 bits per heavy atom. The number of imidazole rings is 1. The van der Waals surface area contributed by atoms with Gasteiger partial charge in [-0.1, -0.05) is 6.92 Å². The van der Waals surface area contributed by atoms with E-state index in [9.17, 15) is 4.79 Å². The van der Waals surface area contributed by atoms with Crippen molar-refractivity contribution in [2.45, 2.75) is 31.7 Å². The number of aromatic nitrogens is 2. The average molecular weight is 176 g/mol. The molecule has 2 aliphatic rings. The summed E-state index contributed by atoms with van der Waals surface area (Å²) in [4.78, 5) is 15.1. The van der Waals surface area contributed by atoms with Gasteiger partial charge in [-0.2, -0.15) is 0 Å². The third-order valence-electron chi connectivity index (χ3n) is 3.63. The SMILES string of the molecule is CC1CC12CCc1ncc(C=O)n12. The van der Waals surface area contributed by atoms with Gasteiger partial charge in [-0.25, -0.2) is 4.98 Å². The summed E-state index contributed by atoms with van der Waals surface area (Å²) in [6, 6.07) is 0. The van der Waals surface area contributed by atoms with E-state index in [1.807, 2.05) is 0 Å². The standard InChI is InChI=1S/C10H12N2O/c1-7-4-10(7)3-2-9-11-5-8(6-13)12(9)10/h5-7H,2-4H2,1H3. The maximum Gasteiger partial charge on any atom is 0.168 e. The smallest absolute Gasteiger partial charge is 0.168 e. The Bertz CT molecular complexity index is 382. The van der Waals surface area contributed by atoms with Crippen molar-refractivity contribution in [1.82, 2.24) is 9.55 Å². The molecule has 1 aliphatic heterocycles. The second-order valence-corrected chi connectivity index (χ2v) is 4.26. The lowest BCUT2D eigenvalue weighted by Crippen LogP contribution is -2.16. The number of hydrogen-bond acceptors (Lipinski definition) is 2. The van der Waals surface area contributed by atoms with E-state index in [2.05, 4.69) is 16.5 Å². The van der Waals surface area contributed by atoms with Crippen LogP contribution in [0.25, 0.3) is 0 Å². The highest BCUT2D eigenvalue weighted by Crippen LogP contribution is 2.57. The first-order chi connectivity index (χ1) is 6.28. The number of carbonyl (C=O) groups is 1. The fourth-order valence-electron chi connectivity index (χ4n) is 2.75. The minimum absolute atomic E-state index is 0.280. The Hall–Kier alpha value is -1.12. The molecule has 3 heteroatoms. The van der Waals surface area contributed by atoms with Gasteiger partial charge >= 0.3 is 0 Å². The fourth-order valence-corrected chi connectivity index (χ4v) is 2.75. The van der Waals surface area contributed by atoms with Crippen molar-refractivity contribution in [2.75, 3.05) is 0 Å². The molecule has 1 spiro atoms. The largest absolute Gasteiger partial charge is 0.319 e. The predicted molar refractivity (Wildman–Crippen MR) is 47.7 cm³/mol. The monoisotopic (exact) mass is 176 g/mol. The van der Waals surface area contributed by atoms with Crippen molar-refractivity contribution in [3.05, 3.63) is 17.7 Å². The molecule has 1 aromatic rings. The predicted octanol–water partition coefficient (Wildman–Crippen LogP) is 1.38. The molecule has 0 saturated heterocycles. The summed E-state index contributed by atoms with van der Waals surface area (Å²) in [6.07, 6.45) is 6.07. The average Bonchev–Trinajstić information content (AvgIpc) is 2.50. The Balaban J connectivity index is 2.18. The number of aldehydes is 1. The van der Waals surface area contributed by atoms with Crippen LogP contribution >= 0.6 is 0 Å². The van der Waals surface area contributed by atoms with Gasteiger partial charge in [-0.05, 0) is 18.8 Å². The summed E-state index contributed by atoms with van der Waals surface area (Å²) >= 11 is 0. The Labute approximate surface area is 76.8 Å². The van der Waals surface area contributed by atoms with Crippen molar-refractivity contribution in [2.24, 2.45) is 5.92 Å². The van der Waals surface area contributed by atoms with Crippen LogP contribution in [0.15, 0.2) is 6.20 Å². The lowest BCUT2D eigenvalue weighted by atomic mass is 10.1. The molecule has 1 saturated carbocycles. The van der Waals surface area contributed by atoms with E-state index in [1.54, 1.807) is 6.20 Å². The molecule has 1 fully saturated rings. The maximum absolute atomic E-state index is 10.8. The number of fused-ring (bicyclic) bond motifs is 2. The molecule has 0 radical (unpaired) electrons. The van der Waals surface area contributed by atoms with Crippen LogP contribution in [0.2, 0.25) is 0 Å². The van der Waals surface area contributed by atoms with Crippen molar-refractivity contribution < 1.29 is 4.79 Å². The van der Waals surface area contributed by atoms with E-state index >= 15 is 0 Å². The zero-order valence-electron chi connectivity index (χ0n) is 7.66. The topological polar surface area (TPSA) is 34.9 Å². The normalized spacial score (nSPS) is 35.0. The van der Waals surface area contributed by atoms with E-state index in [0.29, 0.717) is 0 Å². The van der Waals surface area contributed by atoms with Gasteiger partial charge in [0.15, 0.2) is 6.29 Å². The maximum atomic E-state index is 10.8. The molecule has 13 heavy (non-hydrogen) atoms. The molecule has 2 heterocycles. The van der Waals surface area contributed by atoms with Gasteiger partial charge in [0, 0.05) is 12.0 Å². The minimum atomic E-state index is 0.280. The van der Waals surface area contributed by atoms with E-state index < -0.39 is 0 Å². The molecule has 1 aliphatic carbocycles. The first kappa shape index (κ1) is 7.30. The summed E-state index contributed by atoms with van der Waals surface area (Å²) in [7, 11) is 0. The molecule has 2 unspecified atom stereocenters. The number of rotatable bonds is 1. The van der Waals surface area contributed by atoms with Crippen LogP contribution in [0.3, 0.4) is 0 Å². The highest BCUT2D eigenvalue weighted by molar-refractivity contribution is 5.72. The second-order valence-electron chi connectivity index (χ2n) is 4.26. The first-order valence-corrected chi connectivity index (χ1v) is 4.80. The Morgan fingerprint density at radius 3 is 3.15 bits per heavy atom. The molecule has 0 aromatic carbocycles. The van der Waals surface area contributed by atoms with Crippen LogP contribution < -0.4 is 0 Å². The van der Waals surface area contributed by atoms with Gasteiger partial charge in [-0.15, -0.1) is 0 Å². The number of carbonyl (C=O) groups excluding carboxylic acids is 1. The quantitative estimate of drug-likeness (QED) is 0.606. The zero-order valence-corrected chi connectivity index (χ0v) is 7.66. The van der Waals surface area contributed by atoms with Gasteiger partial charge in [0.05, 0.1) is 6.20 Å². The zero-order chi connectivity index (χ0) is 9.05. The molecule has 0 amide bonds. The van der Waals surface area contributed by atoms with Gasteiger partial charge in [0.1, 0.15) is 11.5 Å². The van der Waals surface area contributed by atoms with Gasteiger partial charge in [0.25, 0.3) is 0 Å². The third-order valence-corrected chi connectivity index (χ3v) is 3.63. The lowest BCUT2D eigenvalue weighted by Gasteiger charge is -2.12. The summed E-state index contributed by atoms with van der Waals surface area (Å²) in [5.74, 6) is 1.83. The molecular formula is C10H12N2O. The molecule has 2 atom stereocenters. The summed E-state index contributed by atoms with van der Waals surface area (Å²) in [5, 5.41) is 0. The van der Waals surface area contributed by atoms with Gasteiger partial charge in [-0.3, -0.25) is 4.79 Å². The van der Waals surface area contributed by atoms with Crippen LogP contribution in [0.4, 0.5) is 0 Å².